The average molecular weight is 336 g/mol. The molecule has 0 radical (unpaired) electrons. The lowest BCUT2D eigenvalue weighted by molar-refractivity contribution is 0.290. The Bertz CT molecular complexity index is 246. The minimum Gasteiger partial charge on any atom is -0.292 e. The molecule has 0 aliphatic carbocycles. The summed E-state index contributed by atoms with van der Waals surface area (Å²) < 4.78 is 0. The highest BCUT2D eigenvalue weighted by atomic mass is 15.1. The van der Waals surface area contributed by atoms with Crippen LogP contribution in [0.25, 0.3) is 0 Å². The third kappa shape index (κ3) is 17.9. The SMILES string of the molecule is C#CCN(CCCCCCCCCC)CCCCCCCCCC. The quantitative estimate of drug-likeness (QED) is 0.178. The summed E-state index contributed by atoms with van der Waals surface area (Å²) in [5.74, 6) is 2.84. The minimum absolute atomic E-state index is 0.840. The van der Waals surface area contributed by atoms with E-state index < -0.39 is 0 Å². The molecule has 1 heteroatoms. The second kappa shape index (κ2) is 20.6. The molecule has 142 valence electrons. The van der Waals surface area contributed by atoms with Crippen LogP contribution >= 0.6 is 0 Å². The van der Waals surface area contributed by atoms with Gasteiger partial charge in [-0.25, -0.2) is 0 Å². The lowest BCUT2D eigenvalue weighted by atomic mass is 10.1. The Morgan fingerprint density at radius 1 is 0.542 bits per heavy atom. The van der Waals surface area contributed by atoms with E-state index >= 15 is 0 Å². The van der Waals surface area contributed by atoms with Gasteiger partial charge in [-0.3, -0.25) is 4.90 Å². The third-order valence-corrected chi connectivity index (χ3v) is 4.97. The fraction of sp³-hybridized carbons (Fsp3) is 0.913. The van der Waals surface area contributed by atoms with E-state index in [9.17, 15) is 0 Å². The number of nitrogens with zero attached hydrogens (tertiary/aromatic N) is 1. The van der Waals surface area contributed by atoms with Crippen molar-refractivity contribution in [2.45, 2.75) is 117 Å². The fourth-order valence-electron chi connectivity index (χ4n) is 3.34. The van der Waals surface area contributed by atoms with Crippen molar-refractivity contribution in [2.75, 3.05) is 19.6 Å². The molecule has 0 aliphatic heterocycles. The molecule has 0 aromatic carbocycles. The maximum atomic E-state index is 5.53. The normalized spacial score (nSPS) is 11.1. The predicted molar refractivity (Wildman–Crippen MR) is 110 cm³/mol. The fourth-order valence-corrected chi connectivity index (χ4v) is 3.34. The third-order valence-electron chi connectivity index (χ3n) is 4.97. The molecule has 0 saturated carbocycles. The predicted octanol–water partition coefficient (Wildman–Crippen LogP) is 7.20. The first kappa shape index (κ1) is 23.5. The van der Waals surface area contributed by atoms with Gasteiger partial charge in [0.25, 0.3) is 0 Å². The first-order chi connectivity index (χ1) is 11.8. The van der Waals surface area contributed by atoms with Crippen molar-refractivity contribution in [3.8, 4) is 12.3 Å². The summed E-state index contributed by atoms with van der Waals surface area (Å²) in [4.78, 5) is 2.49. The molecule has 0 aromatic heterocycles. The zero-order valence-electron chi connectivity index (χ0n) is 17.0. The molecule has 0 fully saturated rings. The van der Waals surface area contributed by atoms with Crippen LogP contribution in [0.1, 0.15) is 117 Å². The molecule has 0 spiro atoms. The van der Waals surface area contributed by atoms with Crippen molar-refractivity contribution in [3.05, 3.63) is 0 Å². The molecule has 0 bridgehead atoms. The highest BCUT2D eigenvalue weighted by Gasteiger charge is 2.03. The summed E-state index contributed by atoms with van der Waals surface area (Å²) in [7, 11) is 0. The van der Waals surface area contributed by atoms with Crippen LogP contribution in [0, 0.1) is 12.3 Å². The van der Waals surface area contributed by atoms with Gasteiger partial charge in [0.15, 0.2) is 0 Å². The standard InChI is InChI=1S/C23H45N/c1-4-7-9-11-13-15-17-19-22-24(21-6-3)23-20-18-16-14-12-10-8-5-2/h3H,4-5,7-23H2,1-2H3. The van der Waals surface area contributed by atoms with Gasteiger partial charge in [-0.15, -0.1) is 6.42 Å². The van der Waals surface area contributed by atoms with E-state index in [4.69, 9.17) is 6.42 Å². The van der Waals surface area contributed by atoms with Crippen molar-refractivity contribution in [3.63, 3.8) is 0 Å². The number of hydrogen-bond acceptors (Lipinski definition) is 1. The molecule has 0 atom stereocenters. The van der Waals surface area contributed by atoms with E-state index in [-0.39, 0.29) is 0 Å². The largest absolute Gasteiger partial charge is 0.292 e. The molecule has 24 heavy (non-hydrogen) atoms. The lowest BCUT2D eigenvalue weighted by Gasteiger charge is -2.19. The number of terminal acetylenes is 1. The van der Waals surface area contributed by atoms with Crippen LogP contribution in [-0.4, -0.2) is 24.5 Å². The molecular weight excluding hydrogens is 290 g/mol. The second-order valence-corrected chi connectivity index (χ2v) is 7.43. The van der Waals surface area contributed by atoms with E-state index in [2.05, 4.69) is 24.7 Å². The Morgan fingerprint density at radius 3 is 1.21 bits per heavy atom. The Morgan fingerprint density at radius 2 is 0.875 bits per heavy atom. The molecule has 0 amide bonds. The zero-order chi connectivity index (χ0) is 17.7. The van der Waals surface area contributed by atoms with Crippen molar-refractivity contribution in [1.82, 2.24) is 4.90 Å². The van der Waals surface area contributed by atoms with Crippen molar-refractivity contribution >= 4 is 0 Å². The maximum absolute atomic E-state index is 5.53. The van der Waals surface area contributed by atoms with E-state index in [0.717, 1.165) is 6.54 Å². The molecule has 1 nitrogen and oxygen atoms in total. The molecule has 0 saturated heterocycles. The van der Waals surface area contributed by atoms with E-state index in [0.29, 0.717) is 0 Å². The van der Waals surface area contributed by atoms with Gasteiger partial charge in [-0.2, -0.15) is 0 Å². The van der Waals surface area contributed by atoms with Crippen LogP contribution < -0.4 is 0 Å². The monoisotopic (exact) mass is 335 g/mol. The topological polar surface area (TPSA) is 3.24 Å². The van der Waals surface area contributed by atoms with E-state index in [1.165, 1.54) is 116 Å². The lowest BCUT2D eigenvalue weighted by Crippen LogP contribution is -2.26. The van der Waals surface area contributed by atoms with Gasteiger partial charge < -0.3 is 0 Å². The van der Waals surface area contributed by atoms with Gasteiger partial charge in [0.2, 0.25) is 0 Å². The number of unbranched alkanes of at least 4 members (excludes halogenated alkanes) is 14. The Kier molecular flexibility index (Phi) is 20.2. The molecular formula is C23H45N. The molecule has 0 aromatic rings. The summed E-state index contributed by atoms with van der Waals surface area (Å²) in [5, 5.41) is 0. The van der Waals surface area contributed by atoms with Crippen molar-refractivity contribution in [2.24, 2.45) is 0 Å². The summed E-state index contributed by atoms with van der Waals surface area (Å²) in [5.41, 5.74) is 0. The van der Waals surface area contributed by atoms with Crippen LogP contribution in [0.4, 0.5) is 0 Å². The summed E-state index contributed by atoms with van der Waals surface area (Å²) in [6, 6.07) is 0. The Balaban J connectivity index is 3.45. The van der Waals surface area contributed by atoms with Crippen molar-refractivity contribution in [1.29, 1.82) is 0 Å². The van der Waals surface area contributed by atoms with Crippen LogP contribution in [0.3, 0.4) is 0 Å². The van der Waals surface area contributed by atoms with Crippen LogP contribution in [-0.2, 0) is 0 Å². The minimum atomic E-state index is 0.840. The van der Waals surface area contributed by atoms with E-state index in [1.54, 1.807) is 0 Å². The number of hydrogen-bond donors (Lipinski definition) is 0. The van der Waals surface area contributed by atoms with Gasteiger partial charge in [0, 0.05) is 0 Å². The van der Waals surface area contributed by atoms with Gasteiger partial charge in [0.05, 0.1) is 6.54 Å². The zero-order valence-corrected chi connectivity index (χ0v) is 17.0. The summed E-state index contributed by atoms with van der Waals surface area (Å²) >= 11 is 0. The van der Waals surface area contributed by atoms with Crippen molar-refractivity contribution < 1.29 is 0 Å². The summed E-state index contributed by atoms with van der Waals surface area (Å²) in [6.07, 6.45) is 27.8. The average Bonchev–Trinajstić information content (AvgIpc) is 2.59. The van der Waals surface area contributed by atoms with Crippen LogP contribution in [0.5, 0.6) is 0 Å². The molecule has 0 N–H and O–H groups in total. The second-order valence-electron chi connectivity index (χ2n) is 7.43. The van der Waals surface area contributed by atoms with Gasteiger partial charge in [-0.1, -0.05) is 110 Å². The molecule has 0 unspecified atom stereocenters. The van der Waals surface area contributed by atoms with Crippen LogP contribution in [0.15, 0.2) is 0 Å². The molecule has 0 rings (SSSR count). The van der Waals surface area contributed by atoms with Gasteiger partial charge >= 0.3 is 0 Å². The first-order valence-electron chi connectivity index (χ1n) is 11.0. The first-order valence-corrected chi connectivity index (χ1v) is 11.0. The Hall–Kier alpha value is -0.480. The highest BCUT2D eigenvalue weighted by molar-refractivity contribution is 4.88. The maximum Gasteiger partial charge on any atom is 0.0598 e. The summed E-state index contributed by atoms with van der Waals surface area (Å²) in [6.45, 7) is 7.82. The Labute approximate surface area is 154 Å². The smallest absolute Gasteiger partial charge is 0.0598 e. The van der Waals surface area contributed by atoms with E-state index in [1.807, 2.05) is 0 Å². The van der Waals surface area contributed by atoms with Gasteiger partial charge in [0.1, 0.15) is 0 Å². The molecule has 0 heterocycles. The molecule has 0 aliphatic rings. The number of rotatable bonds is 19. The highest BCUT2D eigenvalue weighted by Crippen LogP contribution is 2.11. The van der Waals surface area contributed by atoms with Gasteiger partial charge in [-0.05, 0) is 25.9 Å². The van der Waals surface area contributed by atoms with Crippen LogP contribution in [0.2, 0.25) is 0 Å².